The van der Waals surface area contributed by atoms with Gasteiger partial charge in [0.1, 0.15) is 12.2 Å². The van der Waals surface area contributed by atoms with Gasteiger partial charge in [0.15, 0.2) is 12.4 Å². The van der Waals surface area contributed by atoms with Crippen molar-refractivity contribution >= 4 is 22.4 Å². The Hall–Kier alpha value is -1.11. The number of aldehydes is 1. The predicted octanol–water partition coefficient (Wildman–Crippen LogP) is -4.07. The topological polar surface area (TPSA) is 190 Å². The molecule has 0 rings (SSSR count). The molecule has 0 unspecified atom stereocenters. The average molecular weight is 274 g/mol. The number of rotatable bonds is 6. The van der Waals surface area contributed by atoms with Gasteiger partial charge in [-0.3, -0.25) is 9.35 Å². The van der Waals surface area contributed by atoms with Crippen LogP contribution >= 0.6 is 0 Å². The largest absolute Gasteiger partial charge is 0.479 e. The smallest absolute Gasteiger partial charge is 0.335 e. The number of aliphatic carboxylic acids is 1. The Labute approximate surface area is 94.5 Å². The first-order chi connectivity index (χ1) is 7.49. The molecule has 100 valence electrons. The van der Waals surface area contributed by atoms with Gasteiger partial charge in [-0.2, -0.15) is 8.42 Å². The van der Waals surface area contributed by atoms with Crippen molar-refractivity contribution in [3.63, 3.8) is 0 Å². The van der Waals surface area contributed by atoms with Crippen LogP contribution in [0.1, 0.15) is 0 Å². The third-order valence-electron chi connectivity index (χ3n) is 1.91. The maximum absolute atomic E-state index is 10.6. The molecule has 17 heavy (non-hydrogen) atoms. The van der Waals surface area contributed by atoms with Gasteiger partial charge in [0.05, 0.1) is 0 Å². The molecule has 0 radical (unpaired) electrons. The highest BCUT2D eigenvalue weighted by molar-refractivity contribution is 7.87. The van der Waals surface area contributed by atoms with Gasteiger partial charge in [-0.1, -0.05) is 0 Å². The van der Waals surface area contributed by atoms with Crippen molar-refractivity contribution in [2.75, 3.05) is 0 Å². The van der Waals surface area contributed by atoms with Gasteiger partial charge in [-0.05, 0) is 0 Å². The Morgan fingerprint density at radius 1 is 1.24 bits per heavy atom. The Morgan fingerprint density at radius 2 is 1.65 bits per heavy atom. The molecule has 0 spiro atoms. The minimum atomic E-state index is -5.54. The first kappa shape index (κ1) is 15.9. The monoisotopic (exact) mass is 274 g/mol. The number of hydrogen-bond acceptors (Lipinski definition) is 8. The quantitative estimate of drug-likeness (QED) is 0.205. The number of hydrogen-bond donors (Lipinski definition) is 6. The number of aliphatic hydroxyl groups is 4. The summed E-state index contributed by atoms with van der Waals surface area (Å²) in [6.07, 6.45) is -9.16. The molecule has 0 heterocycles. The zero-order chi connectivity index (χ0) is 14.0. The summed E-state index contributed by atoms with van der Waals surface area (Å²) in [5.41, 5.74) is 0. The summed E-state index contributed by atoms with van der Waals surface area (Å²) >= 11 is 0. The first-order valence-electron chi connectivity index (χ1n) is 3.91. The average Bonchev–Trinajstić information content (AvgIpc) is 2.22. The van der Waals surface area contributed by atoms with Crippen LogP contribution in [0, 0.1) is 0 Å². The highest BCUT2D eigenvalue weighted by Gasteiger charge is 2.53. The van der Waals surface area contributed by atoms with Crippen LogP contribution < -0.4 is 0 Å². The van der Waals surface area contributed by atoms with Crippen molar-refractivity contribution in [3.8, 4) is 0 Å². The van der Waals surface area contributed by atoms with Crippen LogP contribution in [0.3, 0.4) is 0 Å². The second kappa shape index (κ2) is 5.03. The molecule has 0 fully saturated rings. The SMILES string of the molecule is O=C[C@](O)([C@@H](O)[C@H](O)[C@H](O)C(=O)O)S(=O)(=O)O. The fourth-order valence-electron chi connectivity index (χ4n) is 0.847. The van der Waals surface area contributed by atoms with Crippen molar-refractivity contribution < 1.29 is 48.1 Å². The highest BCUT2D eigenvalue weighted by Crippen LogP contribution is 2.19. The van der Waals surface area contributed by atoms with E-state index in [1.807, 2.05) is 0 Å². The summed E-state index contributed by atoms with van der Waals surface area (Å²) in [4.78, 5) is 16.7. The zero-order valence-electron chi connectivity index (χ0n) is 8.03. The lowest BCUT2D eigenvalue weighted by Gasteiger charge is -2.28. The van der Waals surface area contributed by atoms with Gasteiger partial charge < -0.3 is 25.5 Å². The molecular weight excluding hydrogens is 264 g/mol. The second-order valence-corrected chi connectivity index (χ2v) is 4.67. The van der Waals surface area contributed by atoms with E-state index in [4.69, 9.17) is 30.1 Å². The Kier molecular flexibility index (Phi) is 4.70. The minimum Gasteiger partial charge on any atom is -0.479 e. The summed E-state index contributed by atoms with van der Waals surface area (Å²) in [7, 11) is -5.54. The van der Waals surface area contributed by atoms with E-state index in [1.165, 1.54) is 0 Å². The maximum Gasteiger partial charge on any atom is 0.335 e. The summed E-state index contributed by atoms with van der Waals surface area (Å²) in [5, 5.41) is 44.2. The number of carbonyl (C=O) groups is 2. The third-order valence-corrected chi connectivity index (χ3v) is 3.07. The van der Waals surface area contributed by atoms with Gasteiger partial charge in [0, 0.05) is 0 Å². The van der Waals surface area contributed by atoms with Crippen LogP contribution in [0.5, 0.6) is 0 Å². The van der Waals surface area contributed by atoms with E-state index >= 15 is 0 Å². The number of carbonyl (C=O) groups excluding carboxylic acids is 1. The van der Waals surface area contributed by atoms with Crippen LogP contribution in [0.15, 0.2) is 0 Å². The number of carboxylic acids is 1. The molecule has 0 bridgehead atoms. The lowest BCUT2D eigenvalue weighted by molar-refractivity contribution is -0.167. The Balaban J connectivity index is 5.35. The van der Waals surface area contributed by atoms with Crippen molar-refractivity contribution in [3.05, 3.63) is 0 Å². The van der Waals surface area contributed by atoms with Crippen LogP contribution in [0.25, 0.3) is 0 Å². The van der Waals surface area contributed by atoms with E-state index in [1.54, 1.807) is 0 Å². The molecule has 0 saturated heterocycles. The van der Waals surface area contributed by atoms with Crippen LogP contribution in [-0.2, 0) is 19.7 Å². The van der Waals surface area contributed by atoms with Crippen molar-refractivity contribution in [1.29, 1.82) is 0 Å². The van der Waals surface area contributed by atoms with Gasteiger partial charge >= 0.3 is 16.1 Å². The third kappa shape index (κ3) is 2.96. The standard InChI is InChI=1S/C6H10O10S/c7-1-6(13,17(14,15)16)4(10)2(8)3(9)5(11)12/h1-4,8-10,13H,(H,11,12)(H,14,15,16)/t2-,3+,4+,6-/m1/s1. The molecule has 11 heteroatoms. The first-order valence-corrected chi connectivity index (χ1v) is 5.35. The van der Waals surface area contributed by atoms with E-state index in [-0.39, 0.29) is 0 Å². The Morgan fingerprint density at radius 3 is 1.88 bits per heavy atom. The van der Waals surface area contributed by atoms with Crippen LogP contribution in [0.2, 0.25) is 0 Å². The van der Waals surface area contributed by atoms with Crippen LogP contribution in [0.4, 0.5) is 0 Å². The molecule has 4 atom stereocenters. The van der Waals surface area contributed by atoms with Crippen LogP contribution in [-0.4, -0.2) is 74.0 Å². The second-order valence-electron chi connectivity index (χ2n) is 3.06. The molecule has 0 aromatic heterocycles. The summed E-state index contributed by atoms with van der Waals surface area (Å²) in [5.74, 6) is -2.04. The molecule has 0 saturated carbocycles. The number of aliphatic hydroxyl groups excluding tert-OH is 3. The molecule has 0 aliphatic heterocycles. The number of carboxylic acid groups (broad SMARTS) is 1. The van der Waals surface area contributed by atoms with Gasteiger partial charge in [-0.15, -0.1) is 0 Å². The van der Waals surface area contributed by atoms with Gasteiger partial charge in [0.2, 0.25) is 0 Å². The molecule has 0 aliphatic carbocycles. The van der Waals surface area contributed by atoms with Crippen molar-refractivity contribution in [2.24, 2.45) is 0 Å². The minimum absolute atomic E-state index is 0.815. The molecule has 0 aliphatic rings. The molecule has 6 N–H and O–H groups in total. The highest BCUT2D eigenvalue weighted by atomic mass is 32.2. The van der Waals surface area contributed by atoms with E-state index in [0.29, 0.717) is 0 Å². The summed E-state index contributed by atoms with van der Waals surface area (Å²) < 4.78 is 29.7. The molecule has 10 nitrogen and oxygen atoms in total. The maximum atomic E-state index is 10.6. The normalized spacial score (nSPS) is 21.0. The summed E-state index contributed by atoms with van der Waals surface area (Å²) in [6.45, 7) is 0. The molecular formula is C6H10O10S. The summed E-state index contributed by atoms with van der Waals surface area (Å²) in [6, 6.07) is 0. The fraction of sp³-hybridized carbons (Fsp3) is 0.667. The predicted molar refractivity (Wildman–Crippen MR) is 48.2 cm³/mol. The van der Waals surface area contributed by atoms with E-state index in [0.717, 1.165) is 0 Å². The molecule has 0 aromatic rings. The van der Waals surface area contributed by atoms with E-state index in [9.17, 15) is 18.0 Å². The van der Waals surface area contributed by atoms with Gasteiger partial charge in [-0.25, -0.2) is 4.79 Å². The van der Waals surface area contributed by atoms with Crippen molar-refractivity contribution in [1.82, 2.24) is 0 Å². The molecule has 0 amide bonds. The van der Waals surface area contributed by atoms with Crippen molar-refractivity contribution in [2.45, 2.75) is 23.2 Å². The lowest BCUT2D eigenvalue weighted by Crippen LogP contribution is -2.59. The fourth-order valence-corrected chi connectivity index (χ4v) is 1.41. The van der Waals surface area contributed by atoms with E-state index in [2.05, 4.69) is 0 Å². The van der Waals surface area contributed by atoms with E-state index < -0.39 is 45.6 Å². The lowest BCUT2D eigenvalue weighted by atomic mass is 10.0. The zero-order valence-corrected chi connectivity index (χ0v) is 8.85. The Bertz CT molecular complexity index is 401. The van der Waals surface area contributed by atoms with Gasteiger partial charge in [0.25, 0.3) is 4.93 Å². The molecule has 0 aromatic carbocycles.